The lowest BCUT2D eigenvalue weighted by molar-refractivity contribution is 0.903. The van der Waals surface area contributed by atoms with E-state index in [0.29, 0.717) is 12.2 Å². The number of nitrogens with one attached hydrogen (secondary N) is 1. The Morgan fingerprint density at radius 2 is 2.06 bits per heavy atom. The highest BCUT2D eigenvalue weighted by molar-refractivity contribution is 9.10. The summed E-state index contributed by atoms with van der Waals surface area (Å²) in [6.07, 6.45) is 1.55. The van der Waals surface area contributed by atoms with E-state index in [2.05, 4.69) is 44.3 Å². The van der Waals surface area contributed by atoms with Gasteiger partial charge in [-0.1, -0.05) is 41.1 Å². The number of nitrogens with two attached hydrogens (primary N) is 1. The highest BCUT2D eigenvalue weighted by atomic mass is 79.9. The molecule has 0 saturated heterocycles. The van der Waals surface area contributed by atoms with Crippen molar-refractivity contribution in [2.45, 2.75) is 19.8 Å². The highest BCUT2D eigenvalue weighted by Gasteiger charge is 2.06. The number of rotatable bonds is 4. The van der Waals surface area contributed by atoms with Gasteiger partial charge in [0.15, 0.2) is 0 Å². The molecule has 1 aromatic heterocycles. The van der Waals surface area contributed by atoms with Gasteiger partial charge < -0.3 is 5.43 Å². The van der Waals surface area contributed by atoms with E-state index in [9.17, 15) is 0 Å². The van der Waals surface area contributed by atoms with Crippen molar-refractivity contribution >= 4 is 21.7 Å². The Bertz CT molecular complexity index is 520. The van der Waals surface area contributed by atoms with Crippen molar-refractivity contribution in [1.82, 2.24) is 9.97 Å². The molecule has 1 aromatic carbocycles. The zero-order valence-electron chi connectivity index (χ0n) is 10.2. The van der Waals surface area contributed by atoms with Gasteiger partial charge in [0.1, 0.15) is 11.6 Å². The highest BCUT2D eigenvalue weighted by Crippen LogP contribution is 2.19. The van der Waals surface area contributed by atoms with Gasteiger partial charge in [-0.25, -0.2) is 15.8 Å². The Labute approximate surface area is 115 Å². The quantitative estimate of drug-likeness (QED) is 0.673. The topological polar surface area (TPSA) is 63.8 Å². The van der Waals surface area contributed by atoms with E-state index < -0.39 is 0 Å². The van der Waals surface area contributed by atoms with Crippen molar-refractivity contribution in [1.29, 1.82) is 0 Å². The molecule has 0 aliphatic heterocycles. The molecule has 1 heterocycles. The van der Waals surface area contributed by atoms with E-state index >= 15 is 0 Å². The third-order valence-corrected chi connectivity index (χ3v) is 3.42. The lowest BCUT2D eigenvalue weighted by Crippen LogP contribution is -2.11. The Morgan fingerprint density at radius 1 is 1.28 bits per heavy atom. The number of benzene rings is 1. The molecule has 0 unspecified atom stereocenters. The summed E-state index contributed by atoms with van der Waals surface area (Å²) >= 11 is 3.53. The lowest BCUT2D eigenvalue weighted by atomic mass is 10.1. The summed E-state index contributed by atoms with van der Waals surface area (Å²) in [6.45, 7) is 2.06. The van der Waals surface area contributed by atoms with Crippen LogP contribution in [0.2, 0.25) is 0 Å². The summed E-state index contributed by atoms with van der Waals surface area (Å²) < 4.78 is 1.07. The van der Waals surface area contributed by atoms with Crippen LogP contribution in [0, 0.1) is 0 Å². The number of hydrazine groups is 1. The predicted molar refractivity (Wildman–Crippen MR) is 76.2 cm³/mol. The molecule has 4 nitrogen and oxygen atoms in total. The third-order valence-electron chi connectivity index (χ3n) is 2.64. The molecule has 2 rings (SSSR count). The Hall–Kier alpha value is -1.46. The number of nitrogens with zero attached hydrogens (tertiary/aromatic N) is 2. The van der Waals surface area contributed by atoms with Crippen molar-refractivity contribution < 1.29 is 0 Å². The van der Waals surface area contributed by atoms with Crippen LogP contribution < -0.4 is 11.3 Å². The smallest absolute Gasteiger partial charge is 0.143 e. The van der Waals surface area contributed by atoms with Crippen LogP contribution in [0.3, 0.4) is 0 Å². The Balaban J connectivity index is 2.31. The van der Waals surface area contributed by atoms with E-state index in [-0.39, 0.29) is 0 Å². The molecular weight excluding hydrogens is 292 g/mol. The maximum Gasteiger partial charge on any atom is 0.143 e. The van der Waals surface area contributed by atoms with Crippen molar-refractivity contribution in [3.8, 4) is 0 Å². The monoisotopic (exact) mass is 306 g/mol. The second-order valence-corrected chi connectivity index (χ2v) is 4.78. The molecular formula is C13H15BrN4. The van der Waals surface area contributed by atoms with Gasteiger partial charge in [0.2, 0.25) is 0 Å². The summed E-state index contributed by atoms with van der Waals surface area (Å²) in [7, 11) is 0. The fourth-order valence-electron chi connectivity index (χ4n) is 1.70. The van der Waals surface area contributed by atoms with Crippen LogP contribution in [0.15, 0.2) is 34.8 Å². The summed E-state index contributed by atoms with van der Waals surface area (Å²) in [6, 6.07) is 9.93. The van der Waals surface area contributed by atoms with Crippen molar-refractivity contribution in [3.63, 3.8) is 0 Å². The molecule has 94 valence electrons. The van der Waals surface area contributed by atoms with E-state index in [0.717, 1.165) is 28.0 Å². The van der Waals surface area contributed by atoms with Gasteiger partial charge in [0.25, 0.3) is 0 Å². The molecule has 0 fully saturated rings. The maximum absolute atomic E-state index is 5.42. The molecule has 3 N–H and O–H groups in total. The largest absolute Gasteiger partial charge is 0.308 e. The van der Waals surface area contributed by atoms with Crippen LogP contribution >= 0.6 is 15.9 Å². The second-order valence-electron chi connectivity index (χ2n) is 3.93. The summed E-state index contributed by atoms with van der Waals surface area (Å²) in [5, 5.41) is 0. The number of hydrogen-bond donors (Lipinski definition) is 2. The summed E-state index contributed by atoms with van der Waals surface area (Å²) in [5.41, 5.74) is 4.73. The number of aryl methyl sites for hydroxylation is 1. The first-order valence-corrected chi connectivity index (χ1v) is 6.59. The van der Waals surface area contributed by atoms with Gasteiger partial charge in [-0.3, -0.25) is 0 Å². The van der Waals surface area contributed by atoms with Gasteiger partial charge in [0.05, 0.1) is 0 Å². The molecule has 0 bridgehead atoms. The first-order valence-electron chi connectivity index (χ1n) is 5.79. The molecule has 0 atom stereocenters. The Morgan fingerprint density at radius 3 is 2.72 bits per heavy atom. The fourth-order valence-corrected chi connectivity index (χ4v) is 2.12. The van der Waals surface area contributed by atoms with Crippen LogP contribution in [-0.4, -0.2) is 9.97 Å². The van der Waals surface area contributed by atoms with E-state index in [1.54, 1.807) is 0 Å². The number of nitrogen functional groups attached to an aromatic ring is 1. The van der Waals surface area contributed by atoms with Crippen LogP contribution in [-0.2, 0) is 12.8 Å². The van der Waals surface area contributed by atoms with Crippen molar-refractivity contribution in [2.75, 3.05) is 5.43 Å². The molecule has 18 heavy (non-hydrogen) atoms. The first-order chi connectivity index (χ1) is 8.72. The van der Waals surface area contributed by atoms with Crippen LogP contribution in [0.1, 0.15) is 24.0 Å². The molecule has 0 saturated carbocycles. The Kier molecular flexibility index (Phi) is 4.28. The average molecular weight is 307 g/mol. The lowest BCUT2D eigenvalue weighted by Gasteiger charge is -2.07. The molecule has 0 aliphatic carbocycles. The van der Waals surface area contributed by atoms with Gasteiger partial charge in [-0.2, -0.15) is 0 Å². The zero-order valence-corrected chi connectivity index (χ0v) is 11.7. The number of anilines is 1. The molecule has 5 heteroatoms. The van der Waals surface area contributed by atoms with E-state index in [1.165, 1.54) is 0 Å². The van der Waals surface area contributed by atoms with Gasteiger partial charge in [-0.05, 0) is 18.1 Å². The molecule has 0 aliphatic rings. The first kappa shape index (κ1) is 13.0. The molecule has 2 aromatic rings. The van der Waals surface area contributed by atoms with E-state index in [1.807, 2.05) is 24.3 Å². The normalized spacial score (nSPS) is 10.4. The van der Waals surface area contributed by atoms with Crippen LogP contribution in [0.5, 0.6) is 0 Å². The SMILES string of the molecule is CCc1cc(NN)nc(Cc2ccccc2Br)n1. The summed E-state index contributed by atoms with van der Waals surface area (Å²) in [4.78, 5) is 8.88. The van der Waals surface area contributed by atoms with Gasteiger partial charge in [0, 0.05) is 22.7 Å². The average Bonchev–Trinajstić information content (AvgIpc) is 2.41. The summed E-state index contributed by atoms with van der Waals surface area (Å²) in [5.74, 6) is 6.84. The van der Waals surface area contributed by atoms with Crippen molar-refractivity contribution in [2.24, 2.45) is 5.84 Å². The number of hydrogen-bond acceptors (Lipinski definition) is 4. The molecule has 0 spiro atoms. The molecule has 0 amide bonds. The third kappa shape index (κ3) is 3.05. The standard InChI is InChI=1S/C13H15BrN4/c1-2-10-8-13(18-15)17-12(16-10)7-9-5-3-4-6-11(9)14/h3-6,8H,2,7,15H2,1H3,(H,16,17,18). The molecule has 0 radical (unpaired) electrons. The van der Waals surface area contributed by atoms with E-state index in [4.69, 9.17) is 5.84 Å². The van der Waals surface area contributed by atoms with Gasteiger partial charge in [-0.15, -0.1) is 0 Å². The van der Waals surface area contributed by atoms with Gasteiger partial charge >= 0.3 is 0 Å². The number of aromatic nitrogens is 2. The second kappa shape index (κ2) is 5.93. The minimum atomic E-state index is 0.656. The zero-order chi connectivity index (χ0) is 13.0. The number of halogens is 1. The minimum absolute atomic E-state index is 0.656. The minimum Gasteiger partial charge on any atom is -0.308 e. The van der Waals surface area contributed by atoms with Crippen molar-refractivity contribution in [3.05, 3.63) is 51.9 Å². The predicted octanol–water partition coefficient (Wildman–Crippen LogP) is 2.68. The van der Waals surface area contributed by atoms with Crippen LogP contribution in [0.4, 0.5) is 5.82 Å². The maximum atomic E-state index is 5.42. The fraction of sp³-hybridized carbons (Fsp3) is 0.231. The van der Waals surface area contributed by atoms with Crippen LogP contribution in [0.25, 0.3) is 0 Å².